The quantitative estimate of drug-likeness (QED) is 0.910. The zero-order valence-electron chi connectivity index (χ0n) is 10.7. The van der Waals surface area contributed by atoms with Crippen LogP contribution in [0.15, 0.2) is 23.1 Å². The van der Waals surface area contributed by atoms with Gasteiger partial charge in [-0.05, 0) is 55.4 Å². The predicted octanol–water partition coefficient (Wildman–Crippen LogP) is 2.11. The molecule has 100 valence electrons. The third kappa shape index (κ3) is 2.45. The van der Waals surface area contributed by atoms with Gasteiger partial charge in [0.1, 0.15) is 0 Å². The molecule has 1 aliphatic carbocycles. The largest absolute Gasteiger partial charge is 0.395 e. The Morgan fingerprint density at radius 1 is 1.22 bits per heavy atom. The lowest BCUT2D eigenvalue weighted by atomic mass is 9.92. The lowest BCUT2D eigenvalue weighted by Gasteiger charge is -2.18. The van der Waals surface area contributed by atoms with E-state index in [1.54, 1.807) is 13.0 Å². The van der Waals surface area contributed by atoms with Crippen LogP contribution in [0.4, 0.5) is 0 Å². The van der Waals surface area contributed by atoms with E-state index in [1.165, 1.54) is 12.0 Å². The standard InChI is InChI=1S/C14H20O3S/c1-2-13(10-15)18(16,17)14-8-7-11-5-3-4-6-12(11)9-14/h7-9,13,15H,2-6,10H2,1H3. The summed E-state index contributed by atoms with van der Waals surface area (Å²) in [6, 6.07) is 5.44. The zero-order chi connectivity index (χ0) is 13.2. The summed E-state index contributed by atoms with van der Waals surface area (Å²) in [6.07, 6.45) is 4.78. The highest BCUT2D eigenvalue weighted by molar-refractivity contribution is 7.92. The SMILES string of the molecule is CCC(CO)S(=O)(=O)c1ccc2c(c1)CCCC2. The van der Waals surface area contributed by atoms with Crippen LogP contribution in [0.5, 0.6) is 0 Å². The lowest BCUT2D eigenvalue weighted by Crippen LogP contribution is -2.24. The normalized spacial score (nSPS) is 17.2. The fourth-order valence-corrected chi connectivity index (χ4v) is 4.11. The molecule has 3 nitrogen and oxygen atoms in total. The molecule has 1 aliphatic rings. The summed E-state index contributed by atoms with van der Waals surface area (Å²) < 4.78 is 24.6. The lowest BCUT2D eigenvalue weighted by molar-refractivity contribution is 0.287. The Morgan fingerprint density at radius 3 is 2.50 bits per heavy atom. The summed E-state index contributed by atoms with van der Waals surface area (Å²) in [5.41, 5.74) is 2.44. The smallest absolute Gasteiger partial charge is 0.183 e. The van der Waals surface area contributed by atoms with Crippen LogP contribution in [0.1, 0.15) is 37.3 Å². The number of aliphatic hydroxyl groups is 1. The van der Waals surface area contributed by atoms with E-state index >= 15 is 0 Å². The molecule has 1 aromatic rings. The van der Waals surface area contributed by atoms with Crippen LogP contribution >= 0.6 is 0 Å². The summed E-state index contributed by atoms with van der Waals surface area (Å²) in [6.45, 7) is 1.48. The second kappa shape index (κ2) is 5.41. The molecular formula is C14H20O3S. The van der Waals surface area contributed by atoms with Gasteiger partial charge in [0.05, 0.1) is 16.8 Å². The van der Waals surface area contributed by atoms with Gasteiger partial charge in [0.15, 0.2) is 9.84 Å². The van der Waals surface area contributed by atoms with Crippen molar-refractivity contribution in [2.75, 3.05) is 6.61 Å². The van der Waals surface area contributed by atoms with Crippen LogP contribution in [0.2, 0.25) is 0 Å². The first kappa shape index (κ1) is 13.6. The van der Waals surface area contributed by atoms with Gasteiger partial charge in [0, 0.05) is 0 Å². The fourth-order valence-electron chi connectivity index (χ4n) is 2.53. The minimum absolute atomic E-state index is 0.310. The second-order valence-electron chi connectivity index (χ2n) is 4.90. The van der Waals surface area contributed by atoms with Gasteiger partial charge in [-0.15, -0.1) is 0 Å². The zero-order valence-corrected chi connectivity index (χ0v) is 11.5. The van der Waals surface area contributed by atoms with Gasteiger partial charge >= 0.3 is 0 Å². The first-order chi connectivity index (χ1) is 8.59. The molecule has 1 aromatic carbocycles. The van der Waals surface area contributed by atoms with Crippen molar-refractivity contribution in [2.24, 2.45) is 0 Å². The van der Waals surface area contributed by atoms with Crippen molar-refractivity contribution in [3.63, 3.8) is 0 Å². The summed E-state index contributed by atoms with van der Waals surface area (Å²) in [5, 5.41) is 8.50. The monoisotopic (exact) mass is 268 g/mol. The molecule has 0 heterocycles. The average Bonchev–Trinajstić information content (AvgIpc) is 2.39. The number of hydrogen-bond donors (Lipinski definition) is 1. The van der Waals surface area contributed by atoms with Gasteiger partial charge in [-0.1, -0.05) is 13.0 Å². The highest BCUT2D eigenvalue weighted by atomic mass is 32.2. The number of sulfone groups is 1. The number of hydrogen-bond acceptors (Lipinski definition) is 3. The Morgan fingerprint density at radius 2 is 1.89 bits per heavy atom. The number of benzene rings is 1. The first-order valence-electron chi connectivity index (χ1n) is 6.56. The molecule has 18 heavy (non-hydrogen) atoms. The van der Waals surface area contributed by atoms with Crippen molar-refractivity contribution in [2.45, 2.75) is 49.2 Å². The van der Waals surface area contributed by atoms with Crippen LogP contribution in [0.25, 0.3) is 0 Å². The Labute approximate surface area is 109 Å². The van der Waals surface area contributed by atoms with Crippen LogP contribution in [-0.4, -0.2) is 25.4 Å². The Balaban J connectivity index is 2.39. The maximum absolute atomic E-state index is 12.3. The number of aryl methyl sites for hydroxylation is 2. The van der Waals surface area contributed by atoms with Gasteiger partial charge in [0.25, 0.3) is 0 Å². The molecule has 0 bridgehead atoms. The number of fused-ring (bicyclic) bond motifs is 1. The van der Waals surface area contributed by atoms with Crippen molar-refractivity contribution < 1.29 is 13.5 Å². The van der Waals surface area contributed by atoms with E-state index in [-0.39, 0.29) is 6.61 Å². The summed E-state index contributed by atoms with van der Waals surface area (Å²) in [7, 11) is -3.38. The predicted molar refractivity (Wildman–Crippen MR) is 71.4 cm³/mol. The summed E-state index contributed by atoms with van der Waals surface area (Å²) >= 11 is 0. The summed E-state index contributed by atoms with van der Waals surface area (Å²) in [5.74, 6) is 0. The van der Waals surface area contributed by atoms with Crippen LogP contribution in [0, 0.1) is 0 Å². The molecule has 0 saturated heterocycles. The third-order valence-electron chi connectivity index (χ3n) is 3.75. The molecule has 0 radical (unpaired) electrons. The Hall–Kier alpha value is -0.870. The number of rotatable bonds is 4. The molecule has 0 saturated carbocycles. The van der Waals surface area contributed by atoms with E-state index in [1.807, 2.05) is 12.1 Å². The van der Waals surface area contributed by atoms with Crippen molar-refractivity contribution in [1.29, 1.82) is 0 Å². The van der Waals surface area contributed by atoms with Gasteiger partial charge in [0.2, 0.25) is 0 Å². The van der Waals surface area contributed by atoms with Gasteiger partial charge in [-0.2, -0.15) is 0 Å². The maximum Gasteiger partial charge on any atom is 0.183 e. The van der Waals surface area contributed by atoms with Crippen molar-refractivity contribution in [3.8, 4) is 0 Å². The molecular weight excluding hydrogens is 248 g/mol. The molecule has 0 aliphatic heterocycles. The average molecular weight is 268 g/mol. The number of aliphatic hydroxyl groups excluding tert-OH is 1. The molecule has 0 fully saturated rings. The molecule has 0 aromatic heterocycles. The second-order valence-corrected chi connectivity index (χ2v) is 7.12. The topological polar surface area (TPSA) is 54.4 Å². The molecule has 4 heteroatoms. The minimum atomic E-state index is -3.38. The van der Waals surface area contributed by atoms with Crippen molar-refractivity contribution in [1.82, 2.24) is 0 Å². The van der Waals surface area contributed by atoms with E-state index in [0.29, 0.717) is 11.3 Å². The van der Waals surface area contributed by atoms with Gasteiger partial charge in [-0.25, -0.2) is 8.42 Å². The van der Waals surface area contributed by atoms with E-state index in [4.69, 9.17) is 0 Å². The van der Waals surface area contributed by atoms with E-state index in [2.05, 4.69) is 0 Å². The molecule has 0 spiro atoms. The molecule has 1 N–H and O–H groups in total. The molecule has 1 atom stereocenters. The van der Waals surface area contributed by atoms with Crippen LogP contribution in [-0.2, 0) is 22.7 Å². The molecule has 2 rings (SSSR count). The molecule has 0 amide bonds. The Bertz CT molecular complexity index is 516. The van der Waals surface area contributed by atoms with Crippen LogP contribution < -0.4 is 0 Å². The summed E-state index contributed by atoms with van der Waals surface area (Å²) in [4.78, 5) is 0.365. The van der Waals surface area contributed by atoms with Crippen molar-refractivity contribution >= 4 is 9.84 Å². The minimum Gasteiger partial charge on any atom is -0.395 e. The van der Waals surface area contributed by atoms with E-state index in [9.17, 15) is 13.5 Å². The first-order valence-corrected chi connectivity index (χ1v) is 8.10. The van der Waals surface area contributed by atoms with Crippen LogP contribution in [0.3, 0.4) is 0 Å². The highest BCUT2D eigenvalue weighted by Gasteiger charge is 2.26. The maximum atomic E-state index is 12.3. The van der Waals surface area contributed by atoms with E-state index in [0.717, 1.165) is 24.8 Å². The highest BCUT2D eigenvalue weighted by Crippen LogP contribution is 2.26. The van der Waals surface area contributed by atoms with Gasteiger partial charge in [-0.3, -0.25) is 0 Å². The fraction of sp³-hybridized carbons (Fsp3) is 0.571. The molecule has 1 unspecified atom stereocenters. The van der Waals surface area contributed by atoms with Crippen molar-refractivity contribution in [3.05, 3.63) is 29.3 Å². The van der Waals surface area contributed by atoms with Gasteiger partial charge < -0.3 is 5.11 Å². The third-order valence-corrected chi connectivity index (χ3v) is 6.02. The Kier molecular flexibility index (Phi) is 4.07. The van der Waals surface area contributed by atoms with E-state index < -0.39 is 15.1 Å².